The van der Waals surface area contributed by atoms with Crippen molar-refractivity contribution in [3.63, 3.8) is 0 Å². The number of hydrogen-bond acceptors (Lipinski definition) is 4. The van der Waals surface area contributed by atoms with Crippen molar-refractivity contribution in [2.75, 3.05) is 0 Å². The van der Waals surface area contributed by atoms with Gasteiger partial charge in [-0.25, -0.2) is 0 Å². The summed E-state index contributed by atoms with van der Waals surface area (Å²) in [5.41, 5.74) is 1.65. The lowest BCUT2D eigenvalue weighted by atomic mass is 10.2. The molecule has 0 unspecified atom stereocenters. The van der Waals surface area contributed by atoms with E-state index in [-0.39, 0.29) is 5.56 Å². The van der Waals surface area contributed by atoms with Crippen molar-refractivity contribution in [2.24, 2.45) is 0 Å². The quantitative estimate of drug-likeness (QED) is 0.564. The molecule has 6 heteroatoms. The third kappa shape index (κ3) is 2.65. The molecule has 0 saturated carbocycles. The maximum atomic E-state index is 12.5. The Morgan fingerprint density at radius 3 is 2.48 bits per heavy atom. The minimum atomic E-state index is -0.158. The molecular formula is C17H10ClN3OS. The van der Waals surface area contributed by atoms with Crippen LogP contribution in [0.5, 0.6) is 0 Å². The first-order chi connectivity index (χ1) is 11.2. The Kier molecular flexibility index (Phi) is 3.44. The first kappa shape index (κ1) is 14.1. The molecule has 4 rings (SSSR count). The summed E-state index contributed by atoms with van der Waals surface area (Å²) < 4.78 is 1.95. The highest BCUT2D eigenvalue weighted by atomic mass is 35.5. The first-order valence-corrected chi connectivity index (χ1v) is 8.12. The van der Waals surface area contributed by atoms with E-state index in [2.05, 4.69) is 10.1 Å². The van der Waals surface area contributed by atoms with Gasteiger partial charge in [-0.1, -0.05) is 65.4 Å². The van der Waals surface area contributed by atoms with E-state index in [0.717, 1.165) is 11.1 Å². The van der Waals surface area contributed by atoms with Crippen LogP contribution in [0.25, 0.3) is 22.4 Å². The molecule has 0 bridgehead atoms. The van der Waals surface area contributed by atoms with Crippen LogP contribution in [0.1, 0.15) is 5.56 Å². The largest absolute Gasteiger partial charge is 0.291 e. The zero-order chi connectivity index (χ0) is 15.8. The van der Waals surface area contributed by atoms with Crippen LogP contribution in [-0.2, 0) is 0 Å². The number of fused-ring (bicyclic) bond motifs is 1. The molecular weight excluding hydrogens is 330 g/mol. The Hall–Kier alpha value is -2.50. The van der Waals surface area contributed by atoms with Crippen molar-refractivity contribution in [1.29, 1.82) is 0 Å². The summed E-state index contributed by atoms with van der Waals surface area (Å²) in [6.07, 6.45) is 1.82. The van der Waals surface area contributed by atoms with Crippen LogP contribution < -0.4 is 10.1 Å². The lowest BCUT2D eigenvalue weighted by Crippen LogP contribution is -2.23. The first-order valence-electron chi connectivity index (χ1n) is 6.93. The summed E-state index contributed by atoms with van der Waals surface area (Å²) in [5, 5.41) is 4.99. The molecule has 2 heterocycles. The zero-order valence-electron chi connectivity index (χ0n) is 11.8. The van der Waals surface area contributed by atoms with Crippen molar-refractivity contribution >= 4 is 34.0 Å². The van der Waals surface area contributed by atoms with Gasteiger partial charge in [0.1, 0.15) is 0 Å². The van der Waals surface area contributed by atoms with Crippen LogP contribution in [0.3, 0.4) is 0 Å². The minimum absolute atomic E-state index is 0.158. The number of nitrogens with zero attached hydrogens (tertiary/aromatic N) is 3. The molecule has 4 nitrogen and oxygen atoms in total. The molecule has 0 aliphatic rings. The lowest BCUT2D eigenvalue weighted by Gasteiger charge is -1.92. The average Bonchev–Trinajstić information content (AvgIpc) is 3.11. The number of rotatable bonds is 2. The SMILES string of the molecule is O=c1/c(=C\c2ccc(Cl)cc2)sc2nc(-c3ccccc3)nn12. The van der Waals surface area contributed by atoms with Gasteiger partial charge in [-0.2, -0.15) is 9.50 Å². The number of halogens is 1. The number of hydrogen-bond donors (Lipinski definition) is 0. The van der Waals surface area contributed by atoms with E-state index in [9.17, 15) is 4.79 Å². The molecule has 2 aromatic carbocycles. The molecule has 4 aromatic rings. The van der Waals surface area contributed by atoms with E-state index >= 15 is 0 Å². The molecule has 0 amide bonds. The highest BCUT2D eigenvalue weighted by Gasteiger charge is 2.11. The van der Waals surface area contributed by atoms with Crippen LogP contribution in [0.2, 0.25) is 5.02 Å². The smallest absolute Gasteiger partial charge is 0.266 e. The molecule has 0 spiro atoms. The highest BCUT2D eigenvalue weighted by molar-refractivity contribution is 7.15. The fourth-order valence-corrected chi connectivity index (χ4v) is 3.29. The second kappa shape index (κ2) is 5.61. The Morgan fingerprint density at radius 1 is 1.04 bits per heavy atom. The van der Waals surface area contributed by atoms with E-state index in [1.165, 1.54) is 15.9 Å². The maximum absolute atomic E-state index is 12.5. The standard InChI is InChI=1S/C17H10ClN3OS/c18-13-8-6-11(7-9-13)10-14-16(22)21-17(23-14)19-15(20-21)12-4-2-1-3-5-12/h1-10H/b14-10+. The number of thiazole rings is 1. The van der Waals surface area contributed by atoms with Crippen LogP contribution in [0.4, 0.5) is 0 Å². The highest BCUT2D eigenvalue weighted by Crippen LogP contribution is 2.15. The van der Waals surface area contributed by atoms with Crippen molar-refractivity contribution < 1.29 is 0 Å². The number of aromatic nitrogens is 3. The summed E-state index contributed by atoms with van der Waals surface area (Å²) >= 11 is 7.20. The maximum Gasteiger partial charge on any atom is 0.291 e. The van der Waals surface area contributed by atoms with Crippen LogP contribution in [0.15, 0.2) is 59.4 Å². The summed E-state index contributed by atoms with van der Waals surface area (Å²) in [7, 11) is 0. The molecule has 0 aliphatic heterocycles. The molecule has 0 fully saturated rings. The third-order valence-corrected chi connectivity index (χ3v) is 4.59. The molecule has 2 aromatic heterocycles. The van der Waals surface area contributed by atoms with Crippen LogP contribution in [0, 0.1) is 0 Å². The normalized spacial score (nSPS) is 12.1. The van der Waals surface area contributed by atoms with Crippen molar-refractivity contribution in [2.45, 2.75) is 0 Å². The summed E-state index contributed by atoms with van der Waals surface area (Å²) in [6.45, 7) is 0. The second-order valence-electron chi connectivity index (χ2n) is 4.96. The van der Waals surface area contributed by atoms with Gasteiger partial charge in [0, 0.05) is 10.6 Å². The topological polar surface area (TPSA) is 47.3 Å². The third-order valence-electron chi connectivity index (χ3n) is 3.38. The minimum Gasteiger partial charge on any atom is -0.266 e. The molecule has 0 saturated heterocycles. The van der Waals surface area contributed by atoms with Gasteiger partial charge in [0.15, 0.2) is 5.82 Å². The summed E-state index contributed by atoms with van der Waals surface area (Å²) in [4.78, 5) is 17.5. The van der Waals surface area contributed by atoms with Gasteiger partial charge in [0.05, 0.1) is 4.53 Å². The van der Waals surface area contributed by atoms with Crippen LogP contribution >= 0.6 is 22.9 Å². The van der Waals surface area contributed by atoms with E-state index in [1.807, 2.05) is 48.5 Å². The Bertz CT molecular complexity index is 1080. The van der Waals surface area contributed by atoms with Gasteiger partial charge in [0.25, 0.3) is 5.56 Å². The van der Waals surface area contributed by atoms with Gasteiger partial charge in [-0.15, -0.1) is 5.10 Å². The van der Waals surface area contributed by atoms with E-state index in [1.54, 1.807) is 12.1 Å². The Balaban J connectivity index is 1.82. The molecule has 112 valence electrons. The predicted molar refractivity (Wildman–Crippen MR) is 92.8 cm³/mol. The fourth-order valence-electron chi connectivity index (χ4n) is 2.25. The molecule has 23 heavy (non-hydrogen) atoms. The molecule has 0 atom stereocenters. The summed E-state index contributed by atoms with van der Waals surface area (Å²) in [5.74, 6) is 0.562. The zero-order valence-corrected chi connectivity index (χ0v) is 13.4. The van der Waals surface area contributed by atoms with Crippen LogP contribution in [-0.4, -0.2) is 14.6 Å². The molecule has 0 aliphatic carbocycles. The van der Waals surface area contributed by atoms with Gasteiger partial charge >= 0.3 is 0 Å². The fraction of sp³-hybridized carbons (Fsp3) is 0. The Morgan fingerprint density at radius 2 is 1.78 bits per heavy atom. The van der Waals surface area contributed by atoms with Gasteiger partial charge in [-0.3, -0.25) is 4.79 Å². The van der Waals surface area contributed by atoms with Gasteiger partial charge in [0.2, 0.25) is 4.96 Å². The van der Waals surface area contributed by atoms with E-state index < -0.39 is 0 Å². The predicted octanol–water partition coefficient (Wildman–Crippen LogP) is 3.02. The van der Waals surface area contributed by atoms with E-state index in [4.69, 9.17) is 11.6 Å². The Labute approximate surface area is 140 Å². The molecule has 0 radical (unpaired) electrons. The summed E-state index contributed by atoms with van der Waals surface area (Å²) in [6, 6.07) is 16.9. The second-order valence-corrected chi connectivity index (χ2v) is 6.41. The monoisotopic (exact) mass is 339 g/mol. The van der Waals surface area contributed by atoms with E-state index in [0.29, 0.717) is 20.3 Å². The van der Waals surface area contributed by atoms with Gasteiger partial charge in [-0.05, 0) is 23.8 Å². The molecule has 0 N–H and O–H groups in total. The average molecular weight is 340 g/mol. The van der Waals surface area contributed by atoms with Gasteiger partial charge < -0.3 is 0 Å². The van der Waals surface area contributed by atoms with Crippen molar-refractivity contribution in [3.05, 3.63) is 80.1 Å². The lowest BCUT2D eigenvalue weighted by molar-refractivity contribution is 0.937. The number of benzene rings is 2. The van der Waals surface area contributed by atoms with Crippen molar-refractivity contribution in [3.8, 4) is 11.4 Å². The van der Waals surface area contributed by atoms with Crippen molar-refractivity contribution in [1.82, 2.24) is 14.6 Å².